The van der Waals surface area contributed by atoms with Crippen LogP contribution in [0.15, 0.2) is 60.7 Å². The Kier molecular flexibility index (Phi) is 4.88. The number of rotatable bonds is 3. The average Bonchev–Trinajstić information content (AvgIpc) is 3.27. The summed E-state index contributed by atoms with van der Waals surface area (Å²) < 4.78 is 2.07. The highest BCUT2D eigenvalue weighted by Gasteiger charge is 2.42. The lowest BCUT2D eigenvalue weighted by Gasteiger charge is -2.44. The summed E-state index contributed by atoms with van der Waals surface area (Å²) in [7, 11) is 2.16. The van der Waals surface area contributed by atoms with Crippen molar-refractivity contribution in [3.8, 4) is 22.5 Å². The van der Waals surface area contributed by atoms with Gasteiger partial charge in [0.2, 0.25) is 0 Å². The molecular weight excluding hydrogens is 424 g/mol. The second-order valence-corrected chi connectivity index (χ2v) is 9.52. The van der Waals surface area contributed by atoms with Crippen LogP contribution >= 0.6 is 0 Å². The van der Waals surface area contributed by atoms with E-state index in [9.17, 15) is 4.79 Å². The third kappa shape index (κ3) is 3.35. The molecule has 0 atom stereocenters. The number of likely N-dealkylation sites (tertiary alicyclic amines) is 1. The van der Waals surface area contributed by atoms with Crippen LogP contribution in [0.5, 0.6) is 0 Å². The monoisotopic (exact) mass is 452 g/mol. The summed E-state index contributed by atoms with van der Waals surface area (Å²) in [4.78, 5) is 19.9. The van der Waals surface area contributed by atoms with E-state index >= 15 is 0 Å². The number of primary amides is 1. The zero-order valence-corrected chi connectivity index (χ0v) is 19.3. The van der Waals surface area contributed by atoms with Crippen molar-refractivity contribution in [1.29, 1.82) is 0 Å². The van der Waals surface area contributed by atoms with Gasteiger partial charge in [0.1, 0.15) is 17.1 Å². The second kappa shape index (κ2) is 7.95. The normalized spacial score (nSPS) is 17.4. The van der Waals surface area contributed by atoms with Gasteiger partial charge in [-0.05, 0) is 38.4 Å². The van der Waals surface area contributed by atoms with Gasteiger partial charge in [-0.2, -0.15) is 5.10 Å². The van der Waals surface area contributed by atoms with E-state index in [-0.39, 0.29) is 5.54 Å². The number of nitrogens with one attached hydrogen (secondary N) is 1. The Morgan fingerprint density at radius 1 is 1.00 bits per heavy atom. The third-order valence-electron chi connectivity index (χ3n) is 7.42. The van der Waals surface area contributed by atoms with Gasteiger partial charge in [-0.1, -0.05) is 48.5 Å². The first kappa shape index (κ1) is 20.9. The SMILES string of the molecule is CN1CCC2(CCNc3c(C(N)=O)c(-c4ccc5ccc(-c6ccccc6)nc5c4)nn32)CC1. The molecule has 1 amide bonds. The molecule has 2 aliphatic rings. The Hall–Kier alpha value is -3.71. The zero-order valence-electron chi connectivity index (χ0n) is 19.3. The molecule has 1 fully saturated rings. The van der Waals surface area contributed by atoms with Crippen LogP contribution in [0.3, 0.4) is 0 Å². The van der Waals surface area contributed by atoms with Crippen LogP contribution in [-0.2, 0) is 5.54 Å². The number of carbonyl (C=O) groups excluding carboxylic acids is 1. The number of anilines is 1. The van der Waals surface area contributed by atoms with Gasteiger partial charge in [-0.15, -0.1) is 0 Å². The fourth-order valence-electron chi connectivity index (χ4n) is 5.41. The van der Waals surface area contributed by atoms with Crippen LogP contribution in [0.4, 0.5) is 5.82 Å². The number of piperidine rings is 1. The molecule has 0 saturated carbocycles. The third-order valence-corrected chi connectivity index (χ3v) is 7.42. The zero-order chi connectivity index (χ0) is 23.3. The van der Waals surface area contributed by atoms with Gasteiger partial charge in [-0.25, -0.2) is 9.67 Å². The molecule has 3 N–H and O–H groups in total. The Bertz CT molecular complexity index is 1390. The minimum atomic E-state index is -0.459. The van der Waals surface area contributed by atoms with Crippen molar-refractivity contribution >= 4 is 22.6 Å². The van der Waals surface area contributed by atoms with E-state index in [1.807, 2.05) is 42.5 Å². The standard InChI is InChI=1S/C27H28N6O/c1-32-15-12-27(13-16-32)11-14-29-26-23(25(28)34)24(31-33(26)27)20-8-7-19-9-10-21(30-22(19)17-20)18-5-3-2-4-6-18/h2-10,17,29H,11-16H2,1H3,(H2,28,34). The summed E-state index contributed by atoms with van der Waals surface area (Å²) in [5.74, 6) is 0.296. The second-order valence-electron chi connectivity index (χ2n) is 9.52. The number of hydrogen-bond acceptors (Lipinski definition) is 5. The Morgan fingerprint density at radius 2 is 1.76 bits per heavy atom. The predicted molar refractivity (Wildman–Crippen MR) is 135 cm³/mol. The molecule has 7 nitrogen and oxygen atoms in total. The minimum Gasteiger partial charge on any atom is -0.369 e. The van der Waals surface area contributed by atoms with Crippen LogP contribution in [0.1, 0.15) is 29.6 Å². The van der Waals surface area contributed by atoms with Crippen LogP contribution in [0.2, 0.25) is 0 Å². The quantitative estimate of drug-likeness (QED) is 0.489. The van der Waals surface area contributed by atoms with Gasteiger partial charge >= 0.3 is 0 Å². The molecule has 4 heterocycles. The van der Waals surface area contributed by atoms with Crippen LogP contribution in [0, 0.1) is 0 Å². The number of carbonyl (C=O) groups is 1. The molecule has 6 rings (SSSR count). The van der Waals surface area contributed by atoms with Gasteiger partial charge in [-0.3, -0.25) is 4.79 Å². The molecule has 2 aliphatic heterocycles. The molecule has 172 valence electrons. The predicted octanol–water partition coefficient (Wildman–Crippen LogP) is 4.10. The topological polar surface area (TPSA) is 89.1 Å². The molecule has 2 aromatic carbocycles. The lowest BCUT2D eigenvalue weighted by molar-refractivity contribution is 0.0994. The van der Waals surface area contributed by atoms with Gasteiger partial charge in [0.05, 0.1) is 16.7 Å². The molecule has 7 heteroatoms. The molecular formula is C27H28N6O. The number of aromatic nitrogens is 3. The summed E-state index contributed by atoms with van der Waals surface area (Å²) in [5.41, 5.74) is 10.6. The lowest BCUT2D eigenvalue weighted by atomic mass is 9.83. The summed E-state index contributed by atoms with van der Waals surface area (Å²) in [6, 6.07) is 20.3. The highest BCUT2D eigenvalue weighted by atomic mass is 16.1. The number of hydrogen-bond donors (Lipinski definition) is 2. The van der Waals surface area contributed by atoms with E-state index in [1.54, 1.807) is 0 Å². The fraction of sp³-hybridized carbons (Fsp3) is 0.296. The lowest BCUT2D eigenvalue weighted by Crippen LogP contribution is -2.49. The molecule has 4 aromatic rings. The number of nitrogens with zero attached hydrogens (tertiary/aromatic N) is 4. The smallest absolute Gasteiger partial charge is 0.254 e. The van der Waals surface area contributed by atoms with Crippen molar-refractivity contribution in [3.05, 3.63) is 66.2 Å². The van der Waals surface area contributed by atoms with Crippen molar-refractivity contribution in [2.24, 2.45) is 5.73 Å². The van der Waals surface area contributed by atoms with Crippen molar-refractivity contribution in [3.63, 3.8) is 0 Å². The van der Waals surface area contributed by atoms with E-state index < -0.39 is 5.91 Å². The van der Waals surface area contributed by atoms with Crippen molar-refractivity contribution in [2.75, 3.05) is 32.0 Å². The highest BCUT2D eigenvalue weighted by Crippen LogP contribution is 2.42. The summed E-state index contributed by atoms with van der Waals surface area (Å²) in [6.45, 7) is 2.85. The molecule has 1 spiro atoms. The van der Waals surface area contributed by atoms with E-state index in [1.165, 1.54) is 0 Å². The Labute approximate surface area is 198 Å². The Morgan fingerprint density at radius 3 is 2.53 bits per heavy atom. The maximum atomic E-state index is 12.7. The van der Waals surface area contributed by atoms with Gasteiger partial charge in [0.25, 0.3) is 5.91 Å². The fourth-order valence-corrected chi connectivity index (χ4v) is 5.41. The van der Waals surface area contributed by atoms with E-state index in [0.29, 0.717) is 11.3 Å². The van der Waals surface area contributed by atoms with E-state index in [0.717, 1.165) is 72.4 Å². The molecule has 0 aliphatic carbocycles. The maximum Gasteiger partial charge on any atom is 0.254 e. The number of amides is 1. The summed E-state index contributed by atoms with van der Waals surface area (Å²) in [6.07, 6.45) is 3.02. The van der Waals surface area contributed by atoms with Gasteiger partial charge in [0, 0.05) is 36.1 Å². The van der Waals surface area contributed by atoms with Crippen LogP contribution in [0.25, 0.3) is 33.4 Å². The van der Waals surface area contributed by atoms with Crippen molar-refractivity contribution in [2.45, 2.75) is 24.8 Å². The average molecular weight is 453 g/mol. The maximum absolute atomic E-state index is 12.7. The summed E-state index contributed by atoms with van der Waals surface area (Å²) >= 11 is 0. The number of pyridine rings is 1. The van der Waals surface area contributed by atoms with E-state index in [2.05, 4.69) is 40.1 Å². The first-order valence-corrected chi connectivity index (χ1v) is 11.9. The van der Waals surface area contributed by atoms with Crippen LogP contribution in [-0.4, -0.2) is 52.3 Å². The molecule has 1 saturated heterocycles. The molecule has 0 bridgehead atoms. The minimum absolute atomic E-state index is 0.0783. The van der Waals surface area contributed by atoms with Gasteiger partial charge in [0.15, 0.2) is 0 Å². The number of nitrogens with two attached hydrogens (primary N) is 1. The van der Waals surface area contributed by atoms with Crippen LogP contribution < -0.4 is 11.1 Å². The largest absolute Gasteiger partial charge is 0.369 e. The molecule has 0 unspecified atom stereocenters. The first-order chi connectivity index (χ1) is 16.5. The van der Waals surface area contributed by atoms with Crippen molar-refractivity contribution in [1.82, 2.24) is 19.7 Å². The van der Waals surface area contributed by atoms with E-state index in [4.69, 9.17) is 15.8 Å². The molecule has 0 radical (unpaired) electrons. The summed E-state index contributed by atoms with van der Waals surface area (Å²) in [5, 5.41) is 9.50. The number of fused-ring (bicyclic) bond motifs is 3. The molecule has 34 heavy (non-hydrogen) atoms. The Balaban J connectivity index is 1.48. The molecule has 2 aromatic heterocycles. The first-order valence-electron chi connectivity index (χ1n) is 11.9. The van der Waals surface area contributed by atoms with Gasteiger partial charge < -0.3 is 16.0 Å². The number of benzene rings is 2. The van der Waals surface area contributed by atoms with Crippen molar-refractivity contribution < 1.29 is 4.79 Å². The highest BCUT2D eigenvalue weighted by molar-refractivity contribution is 6.04.